The zero-order valence-electron chi connectivity index (χ0n) is 14.3. The number of hydrogen-bond acceptors (Lipinski definition) is 2. The maximum atomic E-state index is 12.1. The second-order valence-corrected chi connectivity index (χ2v) is 6.82. The number of carboxylic acids is 1. The predicted molar refractivity (Wildman–Crippen MR) is 99.0 cm³/mol. The van der Waals surface area contributed by atoms with Crippen LogP contribution in [0.5, 0.6) is 0 Å². The van der Waals surface area contributed by atoms with E-state index in [2.05, 4.69) is 24.4 Å². The first-order valence-corrected chi connectivity index (χ1v) is 8.76. The lowest BCUT2D eigenvalue weighted by atomic mass is 10.1. The van der Waals surface area contributed by atoms with E-state index in [1.54, 1.807) is 0 Å². The maximum absolute atomic E-state index is 12.1. The van der Waals surface area contributed by atoms with Crippen LogP contribution < -0.4 is 5.32 Å². The minimum atomic E-state index is -0.864. The highest BCUT2D eigenvalue weighted by molar-refractivity contribution is 5.98. The number of hydrogen-bond donors (Lipinski definition) is 2. The molecule has 4 rings (SSSR count). The number of para-hydroxylation sites is 1. The average Bonchev–Trinajstić information content (AvgIpc) is 3.38. The largest absolute Gasteiger partial charge is 0.477 e. The van der Waals surface area contributed by atoms with Crippen LogP contribution in [0.25, 0.3) is 10.9 Å². The molecule has 1 saturated carbocycles. The lowest BCUT2D eigenvalue weighted by molar-refractivity contribution is 0.0684. The third-order valence-electron chi connectivity index (χ3n) is 5.01. The molecule has 1 aliphatic carbocycles. The van der Waals surface area contributed by atoms with E-state index in [1.807, 2.05) is 41.0 Å². The van der Waals surface area contributed by atoms with Crippen LogP contribution in [0.3, 0.4) is 0 Å². The van der Waals surface area contributed by atoms with E-state index >= 15 is 0 Å². The first-order valence-electron chi connectivity index (χ1n) is 8.76. The fourth-order valence-electron chi connectivity index (χ4n) is 3.45. The van der Waals surface area contributed by atoms with Gasteiger partial charge in [0.2, 0.25) is 0 Å². The van der Waals surface area contributed by atoms with Crippen molar-refractivity contribution in [2.24, 2.45) is 0 Å². The van der Waals surface area contributed by atoms with Crippen LogP contribution in [0.1, 0.15) is 40.0 Å². The predicted octanol–water partition coefficient (Wildman–Crippen LogP) is 3.95. The van der Waals surface area contributed by atoms with Gasteiger partial charge in [-0.15, -0.1) is 0 Å². The molecule has 1 aliphatic rings. The fourth-order valence-corrected chi connectivity index (χ4v) is 3.45. The van der Waals surface area contributed by atoms with Gasteiger partial charge in [-0.1, -0.05) is 42.5 Å². The van der Waals surface area contributed by atoms with Gasteiger partial charge in [-0.05, 0) is 37.0 Å². The summed E-state index contributed by atoms with van der Waals surface area (Å²) in [4.78, 5) is 12.1. The number of carboxylic acid groups (broad SMARTS) is 1. The van der Waals surface area contributed by atoms with Crippen molar-refractivity contribution in [3.8, 4) is 0 Å². The van der Waals surface area contributed by atoms with Crippen molar-refractivity contribution in [2.45, 2.75) is 38.9 Å². The molecule has 0 bridgehead atoms. The number of nitrogens with one attached hydrogen (secondary N) is 1. The van der Waals surface area contributed by atoms with E-state index < -0.39 is 5.97 Å². The van der Waals surface area contributed by atoms with Crippen molar-refractivity contribution in [3.63, 3.8) is 0 Å². The summed E-state index contributed by atoms with van der Waals surface area (Å²) in [6.07, 6.45) is 2.37. The van der Waals surface area contributed by atoms with Gasteiger partial charge in [-0.2, -0.15) is 0 Å². The van der Waals surface area contributed by atoms with E-state index in [0.29, 0.717) is 24.8 Å². The molecule has 1 fully saturated rings. The molecular weight excluding hydrogens is 312 g/mol. The maximum Gasteiger partial charge on any atom is 0.352 e. The van der Waals surface area contributed by atoms with Gasteiger partial charge in [0.25, 0.3) is 0 Å². The van der Waals surface area contributed by atoms with Crippen LogP contribution in [0.2, 0.25) is 0 Å². The molecule has 128 valence electrons. The van der Waals surface area contributed by atoms with Crippen LogP contribution in [0.4, 0.5) is 0 Å². The molecule has 4 nitrogen and oxygen atoms in total. The number of aryl methyl sites for hydroxylation is 1. The van der Waals surface area contributed by atoms with E-state index in [9.17, 15) is 9.90 Å². The lowest BCUT2D eigenvalue weighted by Crippen LogP contribution is -2.19. The Morgan fingerprint density at radius 2 is 1.88 bits per heavy atom. The number of fused-ring (bicyclic) bond motifs is 1. The van der Waals surface area contributed by atoms with Crippen molar-refractivity contribution in [1.29, 1.82) is 0 Å². The van der Waals surface area contributed by atoms with Crippen LogP contribution in [-0.4, -0.2) is 21.7 Å². The van der Waals surface area contributed by atoms with Crippen molar-refractivity contribution in [1.82, 2.24) is 9.88 Å². The van der Waals surface area contributed by atoms with Gasteiger partial charge in [-0.25, -0.2) is 4.79 Å². The highest BCUT2D eigenvalue weighted by atomic mass is 16.4. The van der Waals surface area contributed by atoms with Gasteiger partial charge in [0.15, 0.2) is 0 Å². The number of rotatable bonds is 6. The zero-order chi connectivity index (χ0) is 17.4. The minimum Gasteiger partial charge on any atom is -0.477 e. The SMILES string of the molecule is Cc1ccccc1Cn1c(C(=O)O)c(CNC2CC2)c2ccccc21. The van der Waals surface area contributed by atoms with E-state index in [1.165, 1.54) is 18.4 Å². The summed E-state index contributed by atoms with van der Waals surface area (Å²) in [5, 5.41) is 14.4. The Labute approximate surface area is 147 Å². The topological polar surface area (TPSA) is 54.3 Å². The molecule has 2 aromatic carbocycles. The first-order chi connectivity index (χ1) is 12.1. The monoisotopic (exact) mass is 334 g/mol. The third kappa shape index (κ3) is 3.05. The smallest absolute Gasteiger partial charge is 0.352 e. The lowest BCUT2D eigenvalue weighted by Gasteiger charge is -2.11. The summed E-state index contributed by atoms with van der Waals surface area (Å²) in [5.41, 5.74) is 4.60. The molecule has 0 spiro atoms. The molecule has 0 aliphatic heterocycles. The summed E-state index contributed by atoms with van der Waals surface area (Å²) in [6.45, 7) is 3.24. The van der Waals surface area contributed by atoms with E-state index in [0.717, 1.165) is 22.0 Å². The molecule has 2 N–H and O–H groups in total. The van der Waals surface area contributed by atoms with Crippen molar-refractivity contribution >= 4 is 16.9 Å². The average molecular weight is 334 g/mol. The summed E-state index contributed by atoms with van der Waals surface area (Å²) in [7, 11) is 0. The molecule has 0 atom stereocenters. The van der Waals surface area contributed by atoms with Crippen molar-refractivity contribution < 1.29 is 9.90 Å². The molecule has 1 aromatic heterocycles. The summed E-state index contributed by atoms with van der Waals surface area (Å²) in [5.74, 6) is -0.864. The molecule has 4 heteroatoms. The highest BCUT2D eigenvalue weighted by Gasteiger charge is 2.25. The molecule has 0 radical (unpaired) electrons. The molecule has 3 aromatic rings. The molecule has 0 unspecified atom stereocenters. The van der Waals surface area contributed by atoms with Gasteiger partial charge < -0.3 is 15.0 Å². The Bertz CT molecular complexity index is 938. The normalized spacial score (nSPS) is 14.1. The fraction of sp³-hybridized carbons (Fsp3) is 0.286. The summed E-state index contributed by atoms with van der Waals surface area (Å²) in [6, 6.07) is 16.7. The van der Waals surface area contributed by atoms with Crippen LogP contribution >= 0.6 is 0 Å². The highest BCUT2D eigenvalue weighted by Crippen LogP contribution is 2.29. The van der Waals surface area contributed by atoms with Crippen LogP contribution in [0.15, 0.2) is 48.5 Å². The molecule has 0 amide bonds. The second-order valence-electron chi connectivity index (χ2n) is 6.82. The van der Waals surface area contributed by atoms with Gasteiger partial charge in [0.05, 0.1) is 0 Å². The number of nitrogens with zero attached hydrogens (tertiary/aromatic N) is 1. The van der Waals surface area contributed by atoms with Gasteiger partial charge in [0.1, 0.15) is 5.69 Å². The minimum absolute atomic E-state index is 0.401. The molecule has 25 heavy (non-hydrogen) atoms. The Kier molecular flexibility index (Phi) is 4.06. The third-order valence-corrected chi connectivity index (χ3v) is 5.01. The number of benzene rings is 2. The standard InChI is InChI=1S/C21H22N2O2/c1-14-6-2-3-7-15(14)13-23-19-9-5-4-8-17(19)18(20(23)21(24)25)12-22-16-10-11-16/h2-9,16,22H,10-13H2,1H3,(H,24,25). The zero-order valence-corrected chi connectivity index (χ0v) is 14.3. The number of carbonyl (C=O) groups is 1. The molecular formula is C21H22N2O2. The Morgan fingerprint density at radius 1 is 1.16 bits per heavy atom. The summed E-state index contributed by atoms with van der Waals surface area (Å²) < 4.78 is 1.95. The molecule has 1 heterocycles. The van der Waals surface area contributed by atoms with Gasteiger partial charge >= 0.3 is 5.97 Å². The van der Waals surface area contributed by atoms with Crippen molar-refractivity contribution in [2.75, 3.05) is 0 Å². The van der Waals surface area contributed by atoms with Crippen molar-refractivity contribution in [3.05, 3.63) is 70.9 Å². The van der Waals surface area contributed by atoms with E-state index in [-0.39, 0.29) is 0 Å². The first kappa shape index (κ1) is 15.9. The Hall–Kier alpha value is -2.59. The summed E-state index contributed by atoms with van der Waals surface area (Å²) >= 11 is 0. The Balaban J connectivity index is 1.85. The van der Waals surface area contributed by atoms with Crippen LogP contribution in [-0.2, 0) is 13.1 Å². The van der Waals surface area contributed by atoms with E-state index in [4.69, 9.17) is 0 Å². The number of aromatic carboxylic acids is 1. The second kappa shape index (κ2) is 6.37. The molecule has 0 saturated heterocycles. The van der Waals surface area contributed by atoms with Gasteiger partial charge in [0, 0.05) is 35.6 Å². The Morgan fingerprint density at radius 3 is 2.60 bits per heavy atom. The quantitative estimate of drug-likeness (QED) is 0.718. The number of aromatic nitrogens is 1. The van der Waals surface area contributed by atoms with Crippen LogP contribution in [0, 0.1) is 6.92 Å². The van der Waals surface area contributed by atoms with Gasteiger partial charge in [-0.3, -0.25) is 0 Å².